The molecule has 1 saturated heterocycles. The molecule has 1 aliphatic rings. The van der Waals surface area contributed by atoms with Gasteiger partial charge in [0.25, 0.3) is 0 Å². The van der Waals surface area contributed by atoms with Gasteiger partial charge in [-0.2, -0.15) is 0 Å². The third kappa shape index (κ3) is 2.61. The number of aryl methyl sites for hydroxylation is 1. The van der Waals surface area contributed by atoms with Crippen LogP contribution >= 0.6 is 0 Å². The summed E-state index contributed by atoms with van der Waals surface area (Å²) in [5.41, 5.74) is 0. The van der Waals surface area contributed by atoms with Crippen LogP contribution in [0.25, 0.3) is 0 Å². The van der Waals surface area contributed by atoms with Gasteiger partial charge in [0.15, 0.2) is 0 Å². The van der Waals surface area contributed by atoms with E-state index in [1.807, 2.05) is 7.05 Å². The van der Waals surface area contributed by atoms with Gasteiger partial charge in [0.2, 0.25) is 0 Å². The fourth-order valence-corrected chi connectivity index (χ4v) is 2.13. The second-order valence-electron chi connectivity index (χ2n) is 4.23. The van der Waals surface area contributed by atoms with Crippen molar-refractivity contribution in [2.75, 3.05) is 20.1 Å². The van der Waals surface area contributed by atoms with Crippen molar-refractivity contribution in [3.05, 3.63) is 23.7 Å². The first-order chi connectivity index (χ1) is 7.31. The fourth-order valence-electron chi connectivity index (χ4n) is 2.13. The molecular formula is C12H20N2O. The van der Waals surface area contributed by atoms with Crippen LogP contribution in [0, 0.1) is 0 Å². The summed E-state index contributed by atoms with van der Waals surface area (Å²) in [5.74, 6) is 2.19. The molecule has 1 aromatic heterocycles. The molecule has 0 aliphatic carbocycles. The molecule has 1 aliphatic heterocycles. The molecule has 0 spiro atoms. The molecule has 0 saturated carbocycles. The summed E-state index contributed by atoms with van der Waals surface area (Å²) in [7, 11) is 2.04. The van der Waals surface area contributed by atoms with Crippen LogP contribution in [-0.2, 0) is 13.0 Å². The van der Waals surface area contributed by atoms with Crippen molar-refractivity contribution in [3.8, 4) is 0 Å². The second-order valence-corrected chi connectivity index (χ2v) is 4.23. The summed E-state index contributed by atoms with van der Waals surface area (Å²) < 4.78 is 5.70. The lowest BCUT2D eigenvalue weighted by Crippen LogP contribution is -2.29. The number of hydrogen-bond donors (Lipinski definition) is 1. The third-order valence-corrected chi connectivity index (χ3v) is 3.13. The summed E-state index contributed by atoms with van der Waals surface area (Å²) in [6.45, 7) is 5.39. The van der Waals surface area contributed by atoms with Crippen LogP contribution < -0.4 is 5.32 Å². The number of likely N-dealkylation sites (tertiary alicyclic amines) is 1. The summed E-state index contributed by atoms with van der Waals surface area (Å²) in [6.07, 6.45) is 2.23. The first kappa shape index (κ1) is 10.7. The number of furan rings is 1. The molecule has 3 heteroatoms. The smallest absolute Gasteiger partial charge is 0.118 e. The van der Waals surface area contributed by atoms with E-state index in [0.717, 1.165) is 31.0 Å². The van der Waals surface area contributed by atoms with E-state index in [0.29, 0.717) is 6.04 Å². The van der Waals surface area contributed by atoms with Crippen molar-refractivity contribution in [2.45, 2.75) is 32.4 Å². The van der Waals surface area contributed by atoms with Crippen molar-refractivity contribution in [2.24, 2.45) is 0 Å². The van der Waals surface area contributed by atoms with Crippen molar-refractivity contribution in [3.63, 3.8) is 0 Å². The van der Waals surface area contributed by atoms with Gasteiger partial charge in [0, 0.05) is 25.6 Å². The lowest BCUT2D eigenvalue weighted by Gasteiger charge is -2.13. The molecule has 3 nitrogen and oxygen atoms in total. The topological polar surface area (TPSA) is 28.4 Å². The first-order valence-corrected chi connectivity index (χ1v) is 5.79. The highest BCUT2D eigenvalue weighted by molar-refractivity contribution is 5.07. The van der Waals surface area contributed by atoms with E-state index < -0.39 is 0 Å². The molecule has 15 heavy (non-hydrogen) atoms. The van der Waals surface area contributed by atoms with Crippen LogP contribution in [0.4, 0.5) is 0 Å². The van der Waals surface area contributed by atoms with Gasteiger partial charge in [-0.25, -0.2) is 0 Å². The number of nitrogens with zero attached hydrogens (tertiary/aromatic N) is 1. The Labute approximate surface area is 91.4 Å². The van der Waals surface area contributed by atoms with E-state index in [9.17, 15) is 0 Å². The van der Waals surface area contributed by atoms with Gasteiger partial charge < -0.3 is 9.73 Å². The minimum absolute atomic E-state index is 0.658. The Hall–Kier alpha value is -0.800. The monoisotopic (exact) mass is 208 g/mol. The Morgan fingerprint density at radius 1 is 1.47 bits per heavy atom. The van der Waals surface area contributed by atoms with Crippen LogP contribution in [0.2, 0.25) is 0 Å². The minimum atomic E-state index is 0.658. The van der Waals surface area contributed by atoms with Crippen LogP contribution in [0.1, 0.15) is 24.9 Å². The zero-order valence-corrected chi connectivity index (χ0v) is 9.62. The summed E-state index contributed by atoms with van der Waals surface area (Å²) >= 11 is 0. The molecule has 1 atom stereocenters. The lowest BCUT2D eigenvalue weighted by molar-refractivity contribution is 0.287. The quantitative estimate of drug-likeness (QED) is 0.815. The molecule has 0 radical (unpaired) electrons. The molecule has 1 aromatic rings. The Balaban J connectivity index is 1.87. The molecular weight excluding hydrogens is 188 g/mol. The van der Waals surface area contributed by atoms with E-state index in [2.05, 4.69) is 29.3 Å². The van der Waals surface area contributed by atoms with Gasteiger partial charge in [-0.05, 0) is 25.6 Å². The number of likely N-dealkylation sites (N-methyl/N-ethyl adjacent to an activating group) is 1. The zero-order chi connectivity index (χ0) is 10.7. The Bertz CT molecular complexity index is 308. The van der Waals surface area contributed by atoms with Crippen molar-refractivity contribution in [1.82, 2.24) is 10.2 Å². The second kappa shape index (κ2) is 4.81. The molecule has 1 unspecified atom stereocenters. The maximum atomic E-state index is 5.70. The first-order valence-electron chi connectivity index (χ1n) is 5.79. The van der Waals surface area contributed by atoms with Gasteiger partial charge >= 0.3 is 0 Å². The van der Waals surface area contributed by atoms with E-state index in [1.165, 1.54) is 13.0 Å². The van der Waals surface area contributed by atoms with Crippen LogP contribution in [0.5, 0.6) is 0 Å². The van der Waals surface area contributed by atoms with E-state index in [4.69, 9.17) is 4.42 Å². The molecule has 0 aromatic carbocycles. The number of hydrogen-bond acceptors (Lipinski definition) is 3. The van der Waals surface area contributed by atoms with Crippen LogP contribution in [0.3, 0.4) is 0 Å². The maximum Gasteiger partial charge on any atom is 0.118 e. The minimum Gasteiger partial charge on any atom is -0.465 e. The maximum absolute atomic E-state index is 5.70. The Kier molecular flexibility index (Phi) is 3.44. The molecule has 84 valence electrons. The number of rotatable bonds is 4. The fraction of sp³-hybridized carbons (Fsp3) is 0.667. The predicted molar refractivity (Wildman–Crippen MR) is 60.8 cm³/mol. The molecule has 1 N–H and O–H groups in total. The highest BCUT2D eigenvalue weighted by Gasteiger charge is 2.21. The molecule has 2 heterocycles. The van der Waals surface area contributed by atoms with Crippen molar-refractivity contribution < 1.29 is 4.42 Å². The lowest BCUT2D eigenvalue weighted by atomic mass is 10.3. The third-order valence-electron chi connectivity index (χ3n) is 3.13. The summed E-state index contributed by atoms with van der Waals surface area (Å²) in [4.78, 5) is 2.44. The molecule has 0 amide bonds. The van der Waals surface area contributed by atoms with Gasteiger partial charge in [-0.3, -0.25) is 4.90 Å². The molecule has 2 rings (SSSR count). The highest BCUT2D eigenvalue weighted by Crippen LogP contribution is 2.15. The molecule has 1 fully saturated rings. The van der Waals surface area contributed by atoms with Crippen molar-refractivity contribution >= 4 is 0 Å². The Morgan fingerprint density at radius 3 is 2.87 bits per heavy atom. The van der Waals surface area contributed by atoms with Gasteiger partial charge in [-0.15, -0.1) is 0 Å². The largest absolute Gasteiger partial charge is 0.465 e. The van der Waals surface area contributed by atoms with E-state index >= 15 is 0 Å². The average Bonchev–Trinajstić information content (AvgIpc) is 2.87. The normalized spacial score (nSPS) is 22.4. The standard InChI is InChI=1S/C12H20N2O/c1-3-11-4-5-12(15-11)9-14-7-6-10(8-14)13-2/h4-5,10,13H,3,6-9H2,1-2H3. The van der Waals surface area contributed by atoms with Crippen molar-refractivity contribution in [1.29, 1.82) is 0 Å². The summed E-state index contributed by atoms with van der Waals surface area (Å²) in [5, 5.41) is 3.32. The highest BCUT2D eigenvalue weighted by atomic mass is 16.3. The average molecular weight is 208 g/mol. The van der Waals surface area contributed by atoms with Gasteiger partial charge in [-0.1, -0.05) is 6.92 Å². The van der Waals surface area contributed by atoms with E-state index in [1.54, 1.807) is 0 Å². The van der Waals surface area contributed by atoms with E-state index in [-0.39, 0.29) is 0 Å². The molecule has 0 bridgehead atoms. The van der Waals surface area contributed by atoms with Gasteiger partial charge in [0.1, 0.15) is 11.5 Å². The van der Waals surface area contributed by atoms with Gasteiger partial charge in [0.05, 0.1) is 6.54 Å². The zero-order valence-electron chi connectivity index (χ0n) is 9.62. The Morgan fingerprint density at radius 2 is 2.27 bits per heavy atom. The van der Waals surface area contributed by atoms with Crippen LogP contribution in [0.15, 0.2) is 16.5 Å². The predicted octanol–water partition coefficient (Wildman–Crippen LogP) is 1.64. The number of nitrogens with one attached hydrogen (secondary N) is 1. The summed E-state index contributed by atoms with van der Waals surface area (Å²) in [6, 6.07) is 4.84. The SMILES string of the molecule is CCc1ccc(CN2CCC(NC)C2)o1. The van der Waals surface area contributed by atoms with Crippen LogP contribution in [-0.4, -0.2) is 31.1 Å².